The molecule has 0 unspecified atom stereocenters. The van der Waals surface area contributed by atoms with E-state index in [0.717, 1.165) is 35.4 Å². The van der Waals surface area contributed by atoms with E-state index in [-0.39, 0.29) is 4.88 Å². The Kier molecular flexibility index (Phi) is 3.38. The molecule has 0 spiro atoms. The van der Waals surface area contributed by atoms with Gasteiger partial charge in [0.15, 0.2) is 0 Å². The Morgan fingerprint density at radius 3 is 2.94 bits per heavy atom. The van der Waals surface area contributed by atoms with Crippen LogP contribution in [0, 0.1) is 0 Å². The van der Waals surface area contributed by atoms with Gasteiger partial charge in [-0.3, -0.25) is 0 Å². The third-order valence-electron chi connectivity index (χ3n) is 2.77. The van der Waals surface area contributed by atoms with Crippen molar-refractivity contribution in [3.8, 4) is 0 Å². The molecule has 0 radical (unpaired) electrons. The van der Waals surface area contributed by atoms with Gasteiger partial charge in [-0.2, -0.15) is 0 Å². The Bertz CT molecular complexity index is 594. The Hall–Kier alpha value is -1.82. The summed E-state index contributed by atoms with van der Waals surface area (Å²) in [6.45, 7) is 2.98. The molecule has 0 aromatic carbocycles. The molecule has 3 N–H and O–H groups in total. The predicted octanol–water partition coefficient (Wildman–Crippen LogP) is 2.42. The fourth-order valence-corrected chi connectivity index (χ4v) is 2.88. The molecule has 0 saturated carbocycles. The van der Waals surface area contributed by atoms with Gasteiger partial charge in [-0.05, 0) is 12.5 Å². The highest BCUT2D eigenvalue weighted by atomic mass is 32.1. The number of aromatic nitrogens is 1. The minimum absolute atomic E-state index is 0.162. The number of carboxylic acid groups (broad SMARTS) is 1. The molecule has 5 nitrogen and oxygen atoms in total. The number of carbonyl (C=O) groups is 1. The van der Waals surface area contributed by atoms with Gasteiger partial charge in [0.25, 0.3) is 0 Å². The number of nitrogens with zero attached hydrogens (tertiary/aromatic N) is 2. The summed E-state index contributed by atoms with van der Waals surface area (Å²) >= 11 is 1.12. The molecule has 6 heteroatoms. The summed E-state index contributed by atoms with van der Waals surface area (Å²) in [6, 6.07) is 1.87. The zero-order valence-corrected chi connectivity index (χ0v) is 11.1. The van der Waals surface area contributed by atoms with Crippen molar-refractivity contribution in [2.45, 2.75) is 13.3 Å². The Balaban J connectivity index is 2.65. The lowest BCUT2D eigenvalue weighted by atomic mass is 10.2. The maximum Gasteiger partial charge on any atom is 0.348 e. The maximum absolute atomic E-state index is 11.1. The van der Waals surface area contributed by atoms with E-state index in [9.17, 15) is 4.79 Å². The first-order valence-electron chi connectivity index (χ1n) is 5.67. The summed E-state index contributed by atoms with van der Waals surface area (Å²) in [5.41, 5.74) is 7.18. The minimum Gasteiger partial charge on any atom is -0.477 e. The third kappa shape index (κ3) is 1.99. The van der Waals surface area contributed by atoms with Crippen molar-refractivity contribution in [3.05, 3.63) is 17.1 Å². The van der Waals surface area contributed by atoms with E-state index >= 15 is 0 Å². The molecule has 18 heavy (non-hydrogen) atoms. The van der Waals surface area contributed by atoms with E-state index in [0.29, 0.717) is 10.5 Å². The summed E-state index contributed by atoms with van der Waals surface area (Å²) in [5, 5.41) is 9.83. The van der Waals surface area contributed by atoms with Crippen molar-refractivity contribution in [1.29, 1.82) is 0 Å². The van der Waals surface area contributed by atoms with Crippen molar-refractivity contribution in [3.63, 3.8) is 0 Å². The van der Waals surface area contributed by atoms with Gasteiger partial charge in [0.1, 0.15) is 9.71 Å². The fourth-order valence-electron chi connectivity index (χ4n) is 1.96. The number of carboxylic acids is 1. The number of rotatable bonds is 4. The molecule has 2 aromatic rings. The zero-order chi connectivity index (χ0) is 13.3. The molecule has 0 amide bonds. The summed E-state index contributed by atoms with van der Waals surface area (Å²) in [5.74, 6) is -1.00. The second kappa shape index (κ2) is 4.81. The fraction of sp³-hybridized carbons (Fsp3) is 0.333. The van der Waals surface area contributed by atoms with Crippen LogP contribution in [0.15, 0.2) is 12.3 Å². The predicted molar refractivity (Wildman–Crippen MR) is 74.6 cm³/mol. The molecule has 0 fully saturated rings. The Morgan fingerprint density at radius 2 is 2.33 bits per heavy atom. The monoisotopic (exact) mass is 265 g/mol. The average Bonchev–Trinajstić information content (AvgIpc) is 2.67. The quantitative estimate of drug-likeness (QED) is 0.887. The van der Waals surface area contributed by atoms with Crippen LogP contribution in [0.1, 0.15) is 23.0 Å². The third-order valence-corrected chi connectivity index (χ3v) is 3.87. The number of anilines is 2. The Labute approximate surface area is 109 Å². The smallest absolute Gasteiger partial charge is 0.348 e. The number of aromatic carboxylic acids is 1. The van der Waals surface area contributed by atoms with Gasteiger partial charge in [-0.1, -0.05) is 6.92 Å². The molecule has 0 aliphatic carbocycles. The van der Waals surface area contributed by atoms with E-state index < -0.39 is 5.97 Å². The van der Waals surface area contributed by atoms with Gasteiger partial charge in [-0.15, -0.1) is 11.3 Å². The molecular weight excluding hydrogens is 250 g/mol. The van der Waals surface area contributed by atoms with Gasteiger partial charge in [0, 0.05) is 19.8 Å². The van der Waals surface area contributed by atoms with Gasteiger partial charge >= 0.3 is 5.97 Å². The number of fused-ring (bicyclic) bond motifs is 1. The first kappa shape index (κ1) is 12.6. The lowest BCUT2D eigenvalue weighted by Gasteiger charge is -2.19. The summed E-state index contributed by atoms with van der Waals surface area (Å²) < 4.78 is 0. The highest BCUT2D eigenvalue weighted by Crippen LogP contribution is 2.38. The van der Waals surface area contributed by atoms with Crippen molar-refractivity contribution in [2.24, 2.45) is 0 Å². The highest BCUT2D eigenvalue weighted by Gasteiger charge is 2.19. The molecule has 0 aliphatic rings. The van der Waals surface area contributed by atoms with Crippen LogP contribution in [0.5, 0.6) is 0 Å². The van der Waals surface area contributed by atoms with Gasteiger partial charge in [0.05, 0.1) is 16.8 Å². The second-order valence-corrected chi connectivity index (χ2v) is 5.08. The SMILES string of the molecule is CCCN(C)c1ccnc2sc(C(=O)O)c(N)c12. The van der Waals surface area contributed by atoms with Crippen molar-refractivity contribution < 1.29 is 9.90 Å². The maximum atomic E-state index is 11.1. The van der Waals surface area contributed by atoms with Crippen LogP contribution in [-0.2, 0) is 0 Å². The lowest BCUT2D eigenvalue weighted by molar-refractivity contribution is 0.0703. The molecule has 2 rings (SSSR count). The molecule has 96 valence electrons. The van der Waals surface area contributed by atoms with Gasteiger partial charge in [-0.25, -0.2) is 9.78 Å². The van der Waals surface area contributed by atoms with E-state index in [2.05, 4.69) is 16.8 Å². The van der Waals surface area contributed by atoms with Crippen LogP contribution in [0.3, 0.4) is 0 Å². The van der Waals surface area contributed by atoms with Crippen molar-refractivity contribution >= 4 is 38.9 Å². The highest BCUT2D eigenvalue weighted by molar-refractivity contribution is 7.21. The van der Waals surface area contributed by atoms with Crippen LogP contribution in [0.25, 0.3) is 10.2 Å². The van der Waals surface area contributed by atoms with E-state index in [1.165, 1.54) is 0 Å². The first-order chi connectivity index (χ1) is 8.56. The number of hydrogen-bond acceptors (Lipinski definition) is 5. The van der Waals surface area contributed by atoms with Crippen molar-refractivity contribution in [1.82, 2.24) is 4.98 Å². The van der Waals surface area contributed by atoms with Gasteiger partial charge in [0.2, 0.25) is 0 Å². The number of hydrogen-bond donors (Lipinski definition) is 2. The number of pyridine rings is 1. The number of nitrogen functional groups attached to an aromatic ring is 1. The largest absolute Gasteiger partial charge is 0.477 e. The molecule has 0 bridgehead atoms. The first-order valence-corrected chi connectivity index (χ1v) is 6.49. The van der Waals surface area contributed by atoms with Crippen LogP contribution >= 0.6 is 11.3 Å². The molecule has 0 atom stereocenters. The normalized spacial score (nSPS) is 10.8. The topological polar surface area (TPSA) is 79.5 Å². The molecule has 2 aromatic heterocycles. The molecular formula is C12H15N3O2S. The van der Waals surface area contributed by atoms with Crippen LogP contribution in [0.4, 0.5) is 11.4 Å². The standard InChI is InChI=1S/C12H15N3O2S/c1-3-6-15(2)7-4-5-14-11-8(7)9(13)10(18-11)12(16)17/h4-5H,3,6,13H2,1-2H3,(H,16,17). The van der Waals surface area contributed by atoms with E-state index in [1.54, 1.807) is 6.20 Å². The number of nitrogens with two attached hydrogens (primary N) is 1. The summed E-state index contributed by atoms with van der Waals surface area (Å²) in [7, 11) is 1.97. The summed E-state index contributed by atoms with van der Waals surface area (Å²) in [6.07, 6.45) is 2.70. The van der Waals surface area contributed by atoms with E-state index in [1.807, 2.05) is 13.1 Å². The Morgan fingerprint density at radius 1 is 1.61 bits per heavy atom. The van der Waals surface area contributed by atoms with Gasteiger partial charge < -0.3 is 15.7 Å². The van der Waals surface area contributed by atoms with Crippen molar-refractivity contribution in [2.75, 3.05) is 24.2 Å². The number of thiophene rings is 1. The lowest BCUT2D eigenvalue weighted by Crippen LogP contribution is -2.18. The molecule has 2 heterocycles. The summed E-state index contributed by atoms with van der Waals surface area (Å²) in [4.78, 5) is 18.2. The van der Waals surface area contributed by atoms with Crippen LogP contribution in [-0.4, -0.2) is 29.7 Å². The molecule has 0 aliphatic heterocycles. The van der Waals surface area contributed by atoms with Crippen LogP contribution in [0.2, 0.25) is 0 Å². The minimum atomic E-state index is -1.00. The van der Waals surface area contributed by atoms with Crippen LogP contribution < -0.4 is 10.6 Å². The zero-order valence-electron chi connectivity index (χ0n) is 10.3. The molecule has 0 saturated heterocycles. The second-order valence-electron chi connectivity index (χ2n) is 4.08. The average molecular weight is 265 g/mol. The van der Waals surface area contributed by atoms with E-state index in [4.69, 9.17) is 10.8 Å².